The first-order valence-electron chi connectivity index (χ1n) is 10.3. The van der Waals surface area contributed by atoms with Crippen LogP contribution in [0.3, 0.4) is 0 Å². The van der Waals surface area contributed by atoms with Gasteiger partial charge in [0.1, 0.15) is 6.61 Å². The monoisotopic (exact) mass is 410 g/mol. The lowest BCUT2D eigenvalue weighted by Gasteiger charge is -2.15. The first-order valence-corrected chi connectivity index (χ1v) is 10.3. The van der Waals surface area contributed by atoms with Crippen molar-refractivity contribution >= 4 is 22.7 Å². The summed E-state index contributed by atoms with van der Waals surface area (Å²) in [6.45, 7) is 4.03. The van der Waals surface area contributed by atoms with Gasteiger partial charge in [-0.1, -0.05) is 48.5 Å². The van der Waals surface area contributed by atoms with E-state index in [1.165, 1.54) is 22.3 Å². The fraction of sp³-hybridized carbons (Fsp3) is 0.154. The van der Waals surface area contributed by atoms with Crippen LogP contribution in [0.4, 0.5) is 10.5 Å². The number of hydrogen-bond donors (Lipinski definition) is 2. The molecule has 0 unspecified atom stereocenters. The van der Waals surface area contributed by atoms with Crippen molar-refractivity contribution < 1.29 is 9.53 Å². The molecule has 0 radical (unpaired) electrons. The second-order valence-electron chi connectivity index (χ2n) is 7.98. The predicted molar refractivity (Wildman–Crippen MR) is 123 cm³/mol. The highest BCUT2D eigenvalue weighted by Crippen LogP contribution is 2.44. The van der Waals surface area contributed by atoms with Crippen molar-refractivity contribution in [1.82, 2.24) is 4.98 Å². The fourth-order valence-electron chi connectivity index (χ4n) is 4.46. The molecule has 31 heavy (non-hydrogen) atoms. The molecular formula is C26H22N2O3. The first-order chi connectivity index (χ1) is 15.0. The zero-order valence-electron chi connectivity index (χ0n) is 17.4. The van der Waals surface area contributed by atoms with Crippen LogP contribution < -0.4 is 10.9 Å². The summed E-state index contributed by atoms with van der Waals surface area (Å²) in [5.41, 5.74) is 7.73. The molecule has 1 aromatic heterocycles. The molecule has 1 heterocycles. The Hall–Kier alpha value is -3.86. The summed E-state index contributed by atoms with van der Waals surface area (Å²) in [6.07, 6.45) is -0.494. The SMILES string of the molecule is Cc1cc2[nH]c(=O)cc(C)c2cc1NC(=O)OCC1c2ccccc2-c2ccccc21. The lowest BCUT2D eigenvalue weighted by atomic mass is 9.98. The van der Waals surface area contributed by atoms with Gasteiger partial charge in [0.25, 0.3) is 0 Å². The number of amides is 1. The van der Waals surface area contributed by atoms with Gasteiger partial charge in [-0.05, 0) is 59.4 Å². The Morgan fingerprint density at radius 3 is 2.26 bits per heavy atom. The van der Waals surface area contributed by atoms with Crippen LogP contribution in [-0.4, -0.2) is 17.7 Å². The van der Waals surface area contributed by atoms with Gasteiger partial charge in [0.2, 0.25) is 5.56 Å². The van der Waals surface area contributed by atoms with E-state index in [1.807, 2.05) is 50.2 Å². The van der Waals surface area contributed by atoms with Gasteiger partial charge in [0.15, 0.2) is 0 Å². The number of carbonyl (C=O) groups excluding carboxylic acids is 1. The molecule has 0 aliphatic heterocycles. The number of anilines is 1. The third kappa shape index (κ3) is 3.38. The number of carbonyl (C=O) groups is 1. The molecule has 154 valence electrons. The number of pyridine rings is 1. The molecule has 0 atom stereocenters. The third-order valence-corrected chi connectivity index (χ3v) is 5.98. The van der Waals surface area contributed by atoms with Crippen molar-refractivity contribution in [2.24, 2.45) is 0 Å². The van der Waals surface area contributed by atoms with Crippen LogP contribution in [0.25, 0.3) is 22.0 Å². The zero-order valence-corrected chi connectivity index (χ0v) is 17.4. The van der Waals surface area contributed by atoms with Crippen LogP contribution in [0, 0.1) is 13.8 Å². The van der Waals surface area contributed by atoms with Gasteiger partial charge in [-0.15, -0.1) is 0 Å². The maximum Gasteiger partial charge on any atom is 0.411 e. The highest BCUT2D eigenvalue weighted by atomic mass is 16.5. The molecule has 0 saturated carbocycles. The molecule has 1 aliphatic carbocycles. The molecule has 0 spiro atoms. The molecule has 0 saturated heterocycles. The normalized spacial score (nSPS) is 12.5. The van der Waals surface area contributed by atoms with Crippen LogP contribution in [0.2, 0.25) is 0 Å². The molecule has 3 aromatic carbocycles. The van der Waals surface area contributed by atoms with E-state index in [0.717, 1.165) is 22.0 Å². The van der Waals surface area contributed by atoms with E-state index in [9.17, 15) is 9.59 Å². The summed E-state index contributed by atoms with van der Waals surface area (Å²) in [4.78, 5) is 27.2. The molecule has 5 rings (SSSR count). The number of aromatic nitrogens is 1. The van der Waals surface area contributed by atoms with E-state index in [-0.39, 0.29) is 18.1 Å². The van der Waals surface area contributed by atoms with Crippen molar-refractivity contribution in [3.05, 3.63) is 99.3 Å². The highest BCUT2D eigenvalue weighted by Gasteiger charge is 2.29. The zero-order chi connectivity index (χ0) is 21.5. The van der Waals surface area contributed by atoms with Gasteiger partial charge < -0.3 is 9.72 Å². The van der Waals surface area contributed by atoms with Crippen molar-refractivity contribution in [3.8, 4) is 11.1 Å². The average Bonchev–Trinajstić information content (AvgIpc) is 3.07. The lowest BCUT2D eigenvalue weighted by molar-refractivity contribution is 0.158. The molecule has 0 fully saturated rings. The second-order valence-corrected chi connectivity index (χ2v) is 7.98. The number of aryl methyl sites for hydroxylation is 2. The van der Waals surface area contributed by atoms with Crippen LogP contribution in [0.5, 0.6) is 0 Å². The number of fused-ring (bicyclic) bond motifs is 4. The van der Waals surface area contributed by atoms with Crippen molar-refractivity contribution in [1.29, 1.82) is 0 Å². The van der Waals surface area contributed by atoms with E-state index >= 15 is 0 Å². The molecule has 0 bridgehead atoms. The van der Waals surface area contributed by atoms with E-state index in [4.69, 9.17) is 4.74 Å². The molecule has 5 nitrogen and oxygen atoms in total. The summed E-state index contributed by atoms with van der Waals surface area (Å²) in [5, 5.41) is 3.75. The standard InChI is InChI=1S/C26H22N2O3/c1-15-12-25(29)27-24-11-16(2)23(13-21(15)24)28-26(30)31-14-22-19-9-5-3-7-17(19)18-8-4-6-10-20(18)22/h3-13,22H,14H2,1-2H3,(H,27,29)(H,28,30). The molecule has 4 aromatic rings. The first kappa shape index (κ1) is 19.1. The number of H-pyrrole nitrogens is 1. The van der Waals surface area contributed by atoms with E-state index in [0.29, 0.717) is 5.69 Å². The van der Waals surface area contributed by atoms with E-state index in [2.05, 4.69) is 34.6 Å². The number of nitrogens with one attached hydrogen (secondary N) is 2. The summed E-state index contributed by atoms with van der Waals surface area (Å²) >= 11 is 0. The van der Waals surface area contributed by atoms with Crippen LogP contribution in [0.15, 0.2) is 71.5 Å². The smallest absolute Gasteiger partial charge is 0.411 e. The topological polar surface area (TPSA) is 71.2 Å². The number of rotatable bonds is 3. The number of ether oxygens (including phenoxy) is 1. The van der Waals surface area contributed by atoms with Gasteiger partial charge in [0, 0.05) is 28.6 Å². The Morgan fingerprint density at radius 1 is 0.935 bits per heavy atom. The van der Waals surface area contributed by atoms with Crippen molar-refractivity contribution in [2.45, 2.75) is 19.8 Å². The minimum Gasteiger partial charge on any atom is -0.448 e. The van der Waals surface area contributed by atoms with Gasteiger partial charge in [-0.25, -0.2) is 4.79 Å². The van der Waals surface area contributed by atoms with Gasteiger partial charge in [0.05, 0.1) is 0 Å². The molecule has 1 aliphatic rings. The summed E-state index contributed by atoms with van der Waals surface area (Å²) < 4.78 is 5.65. The summed E-state index contributed by atoms with van der Waals surface area (Å²) in [7, 11) is 0. The minimum atomic E-state index is -0.494. The second kappa shape index (κ2) is 7.43. The molecular weight excluding hydrogens is 388 g/mol. The van der Waals surface area contributed by atoms with Gasteiger partial charge in [-0.3, -0.25) is 10.1 Å². The average molecular weight is 410 g/mol. The number of benzene rings is 3. The maximum absolute atomic E-state index is 12.6. The largest absolute Gasteiger partial charge is 0.448 e. The Kier molecular flexibility index (Phi) is 4.59. The molecule has 1 amide bonds. The summed E-state index contributed by atoms with van der Waals surface area (Å²) in [6, 6.07) is 21.8. The maximum atomic E-state index is 12.6. The number of aromatic amines is 1. The lowest BCUT2D eigenvalue weighted by Crippen LogP contribution is -2.18. The van der Waals surface area contributed by atoms with Gasteiger partial charge >= 0.3 is 6.09 Å². The van der Waals surface area contributed by atoms with Crippen LogP contribution >= 0.6 is 0 Å². The van der Waals surface area contributed by atoms with Crippen molar-refractivity contribution in [3.63, 3.8) is 0 Å². The highest BCUT2D eigenvalue weighted by molar-refractivity contribution is 5.92. The van der Waals surface area contributed by atoms with E-state index < -0.39 is 6.09 Å². The fourth-order valence-corrected chi connectivity index (χ4v) is 4.46. The van der Waals surface area contributed by atoms with Crippen LogP contribution in [-0.2, 0) is 4.74 Å². The van der Waals surface area contributed by atoms with E-state index in [1.54, 1.807) is 6.07 Å². The quantitative estimate of drug-likeness (QED) is 0.468. The predicted octanol–water partition coefficient (Wildman–Crippen LogP) is 5.51. The Balaban J connectivity index is 1.36. The Labute approximate surface area is 179 Å². The Bertz CT molecular complexity index is 1340. The number of hydrogen-bond acceptors (Lipinski definition) is 3. The molecule has 2 N–H and O–H groups in total. The molecule has 5 heteroatoms. The van der Waals surface area contributed by atoms with Crippen molar-refractivity contribution in [2.75, 3.05) is 11.9 Å². The minimum absolute atomic E-state index is 0.0168. The Morgan fingerprint density at radius 2 is 1.58 bits per heavy atom. The third-order valence-electron chi connectivity index (χ3n) is 5.98. The summed E-state index contributed by atoms with van der Waals surface area (Å²) in [5.74, 6) is 0.0168. The van der Waals surface area contributed by atoms with Gasteiger partial charge in [-0.2, -0.15) is 0 Å². The van der Waals surface area contributed by atoms with Crippen LogP contribution in [0.1, 0.15) is 28.2 Å².